The summed E-state index contributed by atoms with van der Waals surface area (Å²) in [5, 5.41) is 2.89. The molecule has 1 saturated heterocycles. The Kier molecular flexibility index (Phi) is 5.01. The molecule has 1 aromatic carbocycles. The van der Waals surface area contributed by atoms with Crippen molar-refractivity contribution >= 4 is 17.2 Å². The van der Waals surface area contributed by atoms with Crippen LogP contribution in [-0.4, -0.2) is 47.9 Å². The molecule has 4 nitrogen and oxygen atoms in total. The average molecular weight is 343 g/mol. The van der Waals surface area contributed by atoms with Gasteiger partial charge in [0.15, 0.2) is 0 Å². The molecule has 0 radical (unpaired) electrons. The Morgan fingerprint density at radius 1 is 1.33 bits per heavy atom. The number of carbonyl (C=O) groups is 1. The fourth-order valence-corrected chi connectivity index (χ4v) is 4.29. The fraction of sp³-hybridized carbons (Fsp3) is 0.474. The van der Waals surface area contributed by atoms with Gasteiger partial charge in [-0.15, -0.1) is 11.3 Å². The van der Waals surface area contributed by atoms with Crippen molar-refractivity contribution in [2.24, 2.45) is 0 Å². The van der Waals surface area contributed by atoms with Crippen molar-refractivity contribution in [3.63, 3.8) is 0 Å². The third kappa shape index (κ3) is 3.68. The molecule has 1 aliphatic heterocycles. The second-order valence-corrected chi connectivity index (χ2v) is 8.06. The van der Waals surface area contributed by atoms with Crippen LogP contribution < -0.4 is 0 Å². The predicted molar refractivity (Wildman–Crippen MR) is 98.4 cm³/mol. The van der Waals surface area contributed by atoms with E-state index in [1.165, 1.54) is 5.56 Å². The normalized spacial score (nSPS) is 21.2. The largest absolute Gasteiger partial charge is 0.336 e. The van der Waals surface area contributed by atoms with Crippen LogP contribution in [0.5, 0.6) is 0 Å². The minimum absolute atomic E-state index is 0.0255. The minimum atomic E-state index is 0.0255. The van der Waals surface area contributed by atoms with Crippen LogP contribution >= 0.6 is 11.3 Å². The molecule has 5 heteroatoms. The van der Waals surface area contributed by atoms with Crippen molar-refractivity contribution in [3.05, 3.63) is 52.0 Å². The number of piperidine rings is 1. The zero-order chi connectivity index (χ0) is 17.2. The summed E-state index contributed by atoms with van der Waals surface area (Å²) in [4.78, 5) is 21.5. The lowest BCUT2D eigenvalue weighted by atomic mass is 9.76. The molecule has 2 heterocycles. The Bertz CT molecular complexity index is 698. The molecule has 2 aromatic rings. The maximum absolute atomic E-state index is 12.9. The van der Waals surface area contributed by atoms with Crippen LogP contribution in [0, 0.1) is 0 Å². The van der Waals surface area contributed by atoms with Crippen LogP contribution in [0.1, 0.15) is 40.8 Å². The molecule has 3 rings (SSSR count). The van der Waals surface area contributed by atoms with Gasteiger partial charge in [0, 0.05) is 30.4 Å². The maximum Gasteiger partial charge on any atom is 0.273 e. The number of carbonyl (C=O) groups excluding carboxylic acids is 1. The van der Waals surface area contributed by atoms with E-state index in [4.69, 9.17) is 0 Å². The van der Waals surface area contributed by atoms with E-state index in [1.807, 2.05) is 30.4 Å². The molecule has 1 atom stereocenters. The number of likely N-dealkylation sites (tertiary alicyclic amines) is 1. The second-order valence-electron chi connectivity index (χ2n) is 7.12. The van der Waals surface area contributed by atoms with E-state index in [1.54, 1.807) is 11.3 Å². The van der Waals surface area contributed by atoms with Gasteiger partial charge in [-0.25, -0.2) is 4.98 Å². The van der Waals surface area contributed by atoms with E-state index in [9.17, 15) is 4.79 Å². The second kappa shape index (κ2) is 7.03. The molecule has 0 spiro atoms. The molecule has 24 heavy (non-hydrogen) atoms. The average Bonchev–Trinajstić information content (AvgIpc) is 3.03. The third-order valence-electron chi connectivity index (χ3n) is 4.68. The van der Waals surface area contributed by atoms with Gasteiger partial charge < -0.3 is 9.80 Å². The molecule has 1 aliphatic rings. The number of nitrogens with zero attached hydrogens (tertiary/aromatic N) is 3. The number of thiazole rings is 1. The lowest BCUT2D eigenvalue weighted by Crippen LogP contribution is -2.47. The Morgan fingerprint density at radius 3 is 2.79 bits per heavy atom. The first kappa shape index (κ1) is 17.1. The van der Waals surface area contributed by atoms with Crippen LogP contribution in [0.2, 0.25) is 0 Å². The van der Waals surface area contributed by atoms with E-state index in [2.05, 4.69) is 41.1 Å². The highest BCUT2D eigenvalue weighted by atomic mass is 32.1. The van der Waals surface area contributed by atoms with Crippen molar-refractivity contribution in [1.29, 1.82) is 0 Å². The van der Waals surface area contributed by atoms with Gasteiger partial charge in [0.2, 0.25) is 0 Å². The number of hydrogen-bond acceptors (Lipinski definition) is 4. The molecule has 1 amide bonds. The number of rotatable bonds is 4. The Morgan fingerprint density at radius 2 is 2.08 bits per heavy atom. The van der Waals surface area contributed by atoms with Crippen LogP contribution in [0.3, 0.4) is 0 Å². The van der Waals surface area contributed by atoms with Gasteiger partial charge in [-0.2, -0.15) is 0 Å². The Balaban J connectivity index is 1.75. The van der Waals surface area contributed by atoms with Crippen molar-refractivity contribution in [1.82, 2.24) is 14.8 Å². The van der Waals surface area contributed by atoms with Crippen molar-refractivity contribution in [2.45, 2.75) is 31.7 Å². The standard InChI is InChI=1S/C19H25N3OS/c1-19(15-8-5-4-6-9-15)10-7-11-22(14-19)18(23)16-13-24-17(20-16)12-21(2)3/h4-6,8-9,13H,7,10-12,14H2,1-3H3. The number of hydrogen-bond donors (Lipinski definition) is 0. The van der Waals surface area contributed by atoms with Crippen molar-refractivity contribution < 1.29 is 4.79 Å². The first-order valence-electron chi connectivity index (χ1n) is 8.42. The summed E-state index contributed by atoms with van der Waals surface area (Å²) in [7, 11) is 4.03. The summed E-state index contributed by atoms with van der Waals surface area (Å²) >= 11 is 1.57. The van der Waals surface area contributed by atoms with Gasteiger partial charge in [0.1, 0.15) is 10.7 Å². The third-order valence-corrected chi connectivity index (χ3v) is 5.51. The quantitative estimate of drug-likeness (QED) is 0.854. The van der Waals surface area contributed by atoms with Gasteiger partial charge >= 0.3 is 0 Å². The van der Waals surface area contributed by atoms with Crippen LogP contribution in [-0.2, 0) is 12.0 Å². The van der Waals surface area contributed by atoms with E-state index in [0.717, 1.165) is 37.5 Å². The lowest BCUT2D eigenvalue weighted by Gasteiger charge is -2.40. The molecule has 0 bridgehead atoms. The predicted octanol–water partition coefficient (Wildman–Crippen LogP) is 3.40. The highest BCUT2D eigenvalue weighted by Gasteiger charge is 2.35. The summed E-state index contributed by atoms with van der Waals surface area (Å²) in [6, 6.07) is 10.5. The molecular formula is C19H25N3OS. The Hall–Kier alpha value is -1.72. The minimum Gasteiger partial charge on any atom is -0.336 e. The summed E-state index contributed by atoms with van der Waals surface area (Å²) in [6.45, 7) is 4.62. The van der Waals surface area contributed by atoms with Crippen LogP contribution in [0.15, 0.2) is 35.7 Å². The number of benzene rings is 1. The topological polar surface area (TPSA) is 36.4 Å². The van der Waals surface area contributed by atoms with Crippen LogP contribution in [0.4, 0.5) is 0 Å². The van der Waals surface area contributed by atoms with E-state index in [0.29, 0.717) is 5.69 Å². The first-order chi connectivity index (χ1) is 11.5. The molecule has 0 saturated carbocycles. The molecule has 0 aliphatic carbocycles. The summed E-state index contributed by atoms with van der Waals surface area (Å²) in [5.74, 6) is 0.0677. The highest BCUT2D eigenvalue weighted by molar-refractivity contribution is 7.09. The Labute approximate surface area is 148 Å². The summed E-state index contributed by atoms with van der Waals surface area (Å²) in [6.07, 6.45) is 2.15. The fourth-order valence-electron chi connectivity index (χ4n) is 3.40. The van der Waals surface area contributed by atoms with Gasteiger partial charge in [0.25, 0.3) is 5.91 Å². The van der Waals surface area contributed by atoms with Gasteiger partial charge in [-0.3, -0.25) is 4.79 Å². The first-order valence-corrected chi connectivity index (χ1v) is 9.30. The van der Waals surface area contributed by atoms with Crippen molar-refractivity contribution in [2.75, 3.05) is 27.2 Å². The number of amides is 1. The maximum atomic E-state index is 12.9. The van der Waals surface area contributed by atoms with Crippen molar-refractivity contribution in [3.8, 4) is 0 Å². The van der Waals surface area contributed by atoms with Crippen LogP contribution in [0.25, 0.3) is 0 Å². The smallest absolute Gasteiger partial charge is 0.273 e. The SMILES string of the molecule is CN(C)Cc1nc(C(=O)N2CCCC(C)(c3ccccc3)C2)cs1. The van der Waals surface area contributed by atoms with Gasteiger partial charge in [0.05, 0.1) is 0 Å². The molecule has 1 aromatic heterocycles. The molecule has 0 N–H and O–H groups in total. The summed E-state index contributed by atoms with van der Waals surface area (Å²) in [5.41, 5.74) is 1.93. The molecule has 1 unspecified atom stereocenters. The van der Waals surface area contributed by atoms with Gasteiger partial charge in [-0.1, -0.05) is 37.3 Å². The lowest BCUT2D eigenvalue weighted by molar-refractivity contribution is 0.0645. The highest BCUT2D eigenvalue weighted by Crippen LogP contribution is 2.34. The van der Waals surface area contributed by atoms with E-state index >= 15 is 0 Å². The van der Waals surface area contributed by atoms with E-state index < -0.39 is 0 Å². The van der Waals surface area contributed by atoms with Gasteiger partial charge in [-0.05, 0) is 32.5 Å². The zero-order valence-electron chi connectivity index (χ0n) is 14.7. The number of aromatic nitrogens is 1. The monoisotopic (exact) mass is 343 g/mol. The zero-order valence-corrected chi connectivity index (χ0v) is 15.5. The molecule has 128 valence electrons. The summed E-state index contributed by atoms with van der Waals surface area (Å²) < 4.78 is 0. The molecular weight excluding hydrogens is 318 g/mol. The molecule has 1 fully saturated rings. The van der Waals surface area contributed by atoms with E-state index in [-0.39, 0.29) is 11.3 Å².